The van der Waals surface area contributed by atoms with E-state index in [2.05, 4.69) is 15.0 Å². The standard InChI is InChI=1S/C19H15N3O3/c1-10(23)18(24)12-9-20-17-11(7-8-15(25-2)16(12)17)19-21-13-5-3-4-6-14(13)22-19/h3-9,20H,1-2H3,(H,21,22). The highest BCUT2D eigenvalue weighted by Gasteiger charge is 2.22. The van der Waals surface area contributed by atoms with Crippen molar-refractivity contribution in [2.75, 3.05) is 7.11 Å². The van der Waals surface area contributed by atoms with E-state index in [0.717, 1.165) is 16.6 Å². The number of ether oxygens (including phenoxy) is 1. The normalized spacial score (nSPS) is 11.1. The van der Waals surface area contributed by atoms with Crippen molar-refractivity contribution in [3.8, 4) is 17.1 Å². The van der Waals surface area contributed by atoms with E-state index in [-0.39, 0.29) is 0 Å². The molecule has 0 fully saturated rings. The van der Waals surface area contributed by atoms with Crippen LogP contribution < -0.4 is 4.74 Å². The number of carbonyl (C=O) groups is 2. The van der Waals surface area contributed by atoms with Gasteiger partial charge in [-0.3, -0.25) is 9.59 Å². The Bertz CT molecular complexity index is 1100. The van der Waals surface area contributed by atoms with Gasteiger partial charge in [-0.1, -0.05) is 12.1 Å². The summed E-state index contributed by atoms with van der Waals surface area (Å²) in [5.74, 6) is 0.140. The fraction of sp³-hybridized carbons (Fsp3) is 0.105. The number of hydrogen-bond donors (Lipinski definition) is 2. The zero-order valence-electron chi connectivity index (χ0n) is 13.7. The molecule has 124 valence electrons. The average Bonchev–Trinajstić information content (AvgIpc) is 3.24. The van der Waals surface area contributed by atoms with E-state index in [0.29, 0.717) is 28.0 Å². The van der Waals surface area contributed by atoms with Gasteiger partial charge in [0.25, 0.3) is 0 Å². The molecule has 0 unspecified atom stereocenters. The molecule has 4 aromatic rings. The van der Waals surface area contributed by atoms with Crippen LogP contribution in [-0.4, -0.2) is 33.6 Å². The Kier molecular flexibility index (Phi) is 3.39. The maximum atomic E-state index is 12.2. The van der Waals surface area contributed by atoms with Crippen LogP contribution >= 0.6 is 0 Å². The molecule has 0 aliphatic carbocycles. The van der Waals surface area contributed by atoms with Crippen LogP contribution in [0.2, 0.25) is 0 Å². The summed E-state index contributed by atoms with van der Waals surface area (Å²) in [6, 6.07) is 11.4. The predicted octanol–water partition coefficient (Wildman–Crippen LogP) is 3.49. The summed E-state index contributed by atoms with van der Waals surface area (Å²) >= 11 is 0. The van der Waals surface area contributed by atoms with Crippen molar-refractivity contribution in [2.45, 2.75) is 6.92 Å². The Morgan fingerprint density at radius 1 is 1.12 bits per heavy atom. The zero-order chi connectivity index (χ0) is 17.6. The number of imidazole rings is 1. The molecule has 4 rings (SSSR count). The fourth-order valence-electron chi connectivity index (χ4n) is 3.03. The van der Waals surface area contributed by atoms with Crippen LogP contribution in [0, 0.1) is 0 Å². The van der Waals surface area contributed by atoms with Crippen LogP contribution in [-0.2, 0) is 4.79 Å². The number of aromatic nitrogens is 3. The second-order valence-electron chi connectivity index (χ2n) is 5.76. The van der Waals surface area contributed by atoms with Crippen LogP contribution in [0.25, 0.3) is 33.3 Å². The second kappa shape index (κ2) is 5.59. The number of nitrogens with one attached hydrogen (secondary N) is 2. The first kappa shape index (κ1) is 15.1. The molecule has 0 radical (unpaired) electrons. The number of H-pyrrole nitrogens is 2. The van der Waals surface area contributed by atoms with E-state index in [1.54, 1.807) is 12.3 Å². The molecule has 6 heteroatoms. The molecular formula is C19H15N3O3. The number of rotatable bonds is 4. The number of methoxy groups -OCH3 is 1. The first-order valence-corrected chi connectivity index (χ1v) is 7.78. The number of hydrogen-bond acceptors (Lipinski definition) is 4. The number of Topliss-reactive ketones (excluding diaryl/α,β-unsaturated/α-hetero) is 2. The molecule has 0 aliphatic rings. The Hall–Kier alpha value is -3.41. The molecule has 0 saturated carbocycles. The first-order chi connectivity index (χ1) is 12.1. The van der Waals surface area contributed by atoms with E-state index in [9.17, 15) is 9.59 Å². The molecule has 2 aromatic heterocycles. The Balaban J connectivity index is 1.99. The second-order valence-corrected chi connectivity index (χ2v) is 5.76. The molecule has 2 N–H and O–H groups in total. The van der Waals surface area contributed by atoms with Gasteiger partial charge in [-0.25, -0.2) is 4.98 Å². The molecule has 0 aliphatic heterocycles. The summed E-state index contributed by atoms with van der Waals surface area (Å²) in [4.78, 5) is 34.7. The maximum Gasteiger partial charge on any atom is 0.230 e. The lowest BCUT2D eigenvalue weighted by atomic mass is 10.0. The lowest BCUT2D eigenvalue weighted by Crippen LogP contribution is -2.09. The van der Waals surface area contributed by atoms with Crippen molar-refractivity contribution < 1.29 is 14.3 Å². The maximum absolute atomic E-state index is 12.2. The van der Waals surface area contributed by atoms with Crippen molar-refractivity contribution in [1.29, 1.82) is 0 Å². The molecule has 0 atom stereocenters. The third-order valence-electron chi connectivity index (χ3n) is 4.23. The molecule has 0 saturated heterocycles. The molecule has 0 bridgehead atoms. The van der Waals surface area contributed by atoms with Crippen molar-refractivity contribution in [3.05, 3.63) is 48.2 Å². The average molecular weight is 333 g/mol. The number of para-hydroxylation sites is 2. The minimum absolute atomic E-state index is 0.303. The van der Waals surface area contributed by atoms with Crippen LogP contribution in [0.3, 0.4) is 0 Å². The highest BCUT2D eigenvalue weighted by molar-refractivity contribution is 6.45. The van der Waals surface area contributed by atoms with Crippen LogP contribution in [0.1, 0.15) is 17.3 Å². The van der Waals surface area contributed by atoms with Gasteiger partial charge < -0.3 is 14.7 Å². The number of ketones is 2. The summed E-state index contributed by atoms with van der Waals surface area (Å²) in [6.07, 6.45) is 1.54. The molecule has 2 aromatic carbocycles. The molecule has 0 amide bonds. The highest BCUT2D eigenvalue weighted by atomic mass is 16.5. The largest absolute Gasteiger partial charge is 0.496 e. The van der Waals surface area contributed by atoms with Gasteiger partial charge in [0.2, 0.25) is 5.78 Å². The summed E-state index contributed by atoms with van der Waals surface area (Å²) in [5.41, 5.74) is 3.58. The molecule has 6 nitrogen and oxygen atoms in total. The monoisotopic (exact) mass is 333 g/mol. The predicted molar refractivity (Wildman–Crippen MR) is 94.9 cm³/mol. The van der Waals surface area contributed by atoms with Crippen LogP contribution in [0.4, 0.5) is 0 Å². The number of fused-ring (bicyclic) bond motifs is 2. The number of nitrogens with zero attached hydrogens (tertiary/aromatic N) is 1. The van der Waals surface area contributed by atoms with E-state index < -0.39 is 11.6 Å². The topological polar surface area (TPSA) is 87.8 Å². The summed E-state index contributed by atoms with van der Waals surface area (Å²) in [6.45, 7) is 1.26. The third-order valence-corrected chi connectivity index (χ3v) is 4.23. The smallest absolute Gasteiger partial charge is 0.230 e. The van der Waals surface area contributed by atoms with Gasteiger partial charge >= 0.3 is 0 Å². The summed E-state index contributed by atoms with van der Waals surface area (Å²) < 4.78 is 5.39. The van der Waals surface area contributed by atoms with E-state index >= 15 is 0 Å². The van der Waals surface area contributed by atoms with E-state index in [1.165, 1.54) is 14.0 Å². The Labute approximate surface area is 142 Å². The third kappa shape index (κ3) is 2.30. The molecule has 0 spiro atoms. The minimum Gasteiger partial charge on any atom is -0.496 e. The SMILES string of the molecule is COc1ccc(-c2nc3ccccc3[nH]2)c2[nH]cc(C(=O)C(C)=O)c12. The van der Waals surface area contributed by atoms with Gasteiger partial charge in [0.1, 0.15) is 11.6 Å². The van der Waals surface area contributed by atoms with Gasteiger partial charge in [0.05, 0.1) is 34.6 Å². The van der Waals surface area contributed by atoms with Crippen molar-refractivity contribution >= 4 is 33.5 Å². The fourth-order valence-corrected chi connectivity index (χ4v) is 3.03. The van der Waals surface area contributed by atoms with E-state index in [4.69, 9.17) is 4.74 Å². The van der Waals surface area contributed by atoms with Crippen molar-refractivity contribution in [3.63, 3.8) is 0 Å². The minimum atomic E-state index is -0.550. The number of benzene rings is 2. The van der Waals surface area contributed by atoms with Gasteiger partial charge in [-0.2, -0.15) is 0 Å². The lowest BCUT2D eigenvalue weighted by molar-refractivity contribution is -0.113. The summed E-state index contributed by atoms with van der Waals surface area (Å²) in [5, 5.41) is 0.584. The Morgan fingerprint density at radius 2 is 1.92 bits per heavy atom. The van der Waals surface area contributed by atoms with Gasteiger partial charge in [-0.15, -0.1) is 0 Å². The Morgan fingerprint density at radius 3 is 2.64 bits per heavy atom. The van der Waals surface area contributed by atoms with E-state index in [1.807, 2.05) is 30.3 Å². The molecule has 25 heavy (non-hydrogen) atoms. The molecular weight excluding hydrogens is 318 g/mol. The summed E-state index contributed by atoms with van der Waals surface area (Å²) in [7, 11) is 1.53. The van der Waals surface area contributed by atoms with Gasteiger partial charge in [-0.05, 0) is 24.3 Å². The quantitative estimate of drug-likeness (QED) is 0.442. The lowest BCUT2D eigenvalue weighted by Gasteiger charge is -2.07. The number of carbonyl (C=O) groups excluding carboxylic acids is 2. The van der Waals surface area contributed by atoms with Gasteiger partial charge in [0.15, 0.2) is 5.78 Å². The van der Waals surface area contributed by atoms with Crippen molar-refractivity contribution in [1.82, 2.24) is 15.0 Å². The molecule has 2 heterocycles. The van der Waals surface area contributed by atoms with Crippen LogP contribution in [0.15, 0.2) is 42.6 Å². The van der Waals surface area contributed by atoms with Gasteiger partial charge in [0, 0.05) is 18.7 Å². The van der Waals surface area contributed by atoms with Crippen molar-refractivity contribution in [2.24, 2.45) is 0 Å². The zero-order valence-corrected chi connectivity index (χ0v) is 13.7. The first-order valence-electron chi connectivity index (χ1n) is 7.78. The van der Waals surface area contributed by atoms with Crippen LogP contribution in [0.5, 0.6) is 5.75 Å². The number of aromatic amines is 2. The highest BCUT2D eigenvalue weighted by Crippen LogP contribution is 2.36.